The predicted molar refractivity (Wildman–Crippen MR) is 146 cm³/mol. The first-order valence-electron chi connectivity index (χ1n) is 13.1. The van der Waals surface area contributed by atoms with Crippen molar-refractivity contribution >= 4 is 35.4 Å². The number of amides is 5. The molecule has 0 spiro atoms. The number of nitrogens with zero attached hydrogens (tertiary/aromatic N) is 2. The molecule has 2 aliphatic rings. The van der Waals surface area contributed by atoms with Gasteiger partial charge in [0, 0.05) is 56.3 Å². The Kier molecular flexibility index (Phi) is 9.46. The van der Waals surface area contributed by atoms with Crippen molar-refractivity contribution in [1.29, 1.82) is 0 Å². The van der Waals surface area contributed by atoms with E-state index in [2.05, 4.69) is 4.90 Å². The summed E-state index contributed by atoms with van der Waals surface area (Å²) in [7, 11) is 1.39. The molecule has 4 rings (SSSR count). The Morgan fingerprint density at radius 3 is 2.37 bits per heavy atom. The highest BCUT2D eigenvalue weighted by molar-refractivity contribution is 6.30. The summed E-state index contributed by atoms with van der Waals surface area (Å²) in [6.07, 6.45) is -0.211. The number of ether oxygens (including phenoxy) is 3. The summed E-state index contributed by atoms with van der Waals surface area (Å²) in [4.78, 5) is 54.5. The number of piperazine rings is 1. The molecule has 2 aromatic rings. The molecule has 2 N–H and O–H groups in total. The van der Waals surface area contributed by atoms with E-state index in [0.29, 0.717) is 19.6 Å². The Morgan fingerprint density at radius 2 is 1.71 bits per heavy atom. The summed E-state index contributed by atoms with van der Waals surface area (Å²) in [5, 5.41) is 4.31. The first-order valence-corrected chi connectivity index (χ1v) is 13.5. The summed E-state index contributed by atoms with van der Waals surface area (Å²) < 4.78 is 30.1. The Bertz CT molecular complexity index is 1290. The van der Waals surface area contributed by atoms with Gasteiger partial charge in [0.25, 0.3) is 23.3 Å². The van der Waals surface area contributed by atoms with E-state index in [4.69, 9.17) is 25.8 Å². The van der Waals surface area contributed by atoms with Crippen LogP contribution < -0.4 is 20.1 Å². The second-order valence-electron chi connectivity index (χ2n) is 10.1. The second-order valence-corrected chi connectivity index (χ2v) is 10.5. The first kappa shape index (κ1) is 30.2. The van der Waals surface area contributed by atoms with Crippen molar-refractivity contribution in [2.75, 3.05) is 33.4 Å². The van der Waals surface area contributed by atoms with E-state index in [1.165, 1.54) is 37.4 Å². The number of nitrogens with one attached hydrogen (secondary N) is 2. The molecule has 2 heterocycles. The summed E-state index contributed by atoms with van der Waals surface area (Å²) in [5.41, 5.74) is -1.15. The van der Waals surface area contributed by atoms with Crippen LogP contribution in [0.4, 0.5) is 9.18 Å². The third kappa shape index (κ3) is 6.95. The monoisotopic (exact) mass is 590 g/mol. The number of hydrogen-bond donors (Lipinski definition) is 2. The topological polar surface area (TPSA) is 127 Å². The van der Waals surface area contributed by atoms with Gasteiger partial charge in [-0.2, -0.15) is 0 Å². The smallest absolute Gasteiger partial charge is 0.328 e. The van der Waals surface area contributed by atoms with Crippen molar-refractivity contribution < 1.29 is 37.8 Å². The van der Waals surface area contributed by atoms with Gasteiger partial charge in [-0.15, -0.1) is 0 Å². The highest BCUT2D eigenvalue weighted by Crippen LogP contribution is 2.35. The molecule has 2 aromatic carbocycles. The lowest BCUT2D eigenvalue weighted by Crippen LogP contribution is -2.69. The van der Waals surface area contributed by atoms with Gasteiger partial charge in [0.15, 0.2) is 18.1 Å². The Balaban J connectivity index is 1.44. The van der Waals surface area contributed by atoms with Crippen LogP contribution in [0.1, 0.15) is 25.8 Å². The van der Waals surface area contributed by atoms with Crippen LogP contribution in [-0.2, 0) is 25.7 Å². The van der Waals surface area contributed by atoms with Crippen molar-refractivity contribution in [2.45, 2.75) is 44.5 Å². The quantitative estimate of drug-likeness (QED) is 0.404. The minimum absolute atomic E-state index is 0.0342. The van der Waals surface area contributed by atoms with Crippen molar-refractivity contribution in [3.8, 4) is 11.5 Å². The van der Waals surface area contributed by atoms with E-state index in [1.807, 2.05) is 24.5 Å². The van der Waals surface area contributed by atoms with Gasteiger partial charge in [-0.05, 0) is 43.7 Å². The van der Waals surface area contributed by atoms with E-state index in [9.17, 15) is 23.6 Å². The molecule has 41 heavy (non-hydrogen) atoms. The Morgan fingerprint density at radius 1 is 1.02 bits per heavy atom. The number of halogens is 2. The van der Waals surface area contributed by atoms with Crippen LogP contribution in [0, 0.1) is 5.82 Å². The molecule has 2 saturated heterocycles. The molecule has 220 valence electrons. The fourth-order valence-corrected chi connectivity index (χ4v) is 5.00. The number of benzene rings is 2. The number of hydrogen-bond acceptors (Lipinski definition) is 8. The molecule has 0 radical (unpaired) electrons. The number of barbiturate groups is 1. The van der Waals surface area contributed by atoms with Crippen molar-refractivity contribution in [1.82, 2.24) is 20.4 Å². The molecular weight excluding hydrogens is 559 g/mol. The standard InChI is InChI=1S/C28H32ClFN4O7/c1-17-14-34(18(2)13-33(17)15-19-4-7-21(30)8-5-19)24(35)16-40-22-9-6-20(29)12-23(22)41-28(10-11-39-3)25(36)31-27(38)32-26(28)37/h4-9,12,17-18H,10-11,13-16H2,1-3H3,(H2,31,32,36,37,38). The van der Waals surface area contributed by atoms with Gasteiger partial charge in [-0.1, -0.05) is 23.7 Å². The lowest BCUT2D eigenvalue weighted by atomic mass is 9.95. The maximum absolute atomic E-state index is 13.3. The third-order valence-corrected chi connectivity index (χ3v) is 7.36. The van der Waals surface area contributed by atoms with E-state index in [0.717, 1.165) is 5.56 Å². The number of imide groups is 2. The number of rotatable bonds is 10. The third-order valence-electron chi connectivity index (χ3n) is 7.12. The van der Waals surface area contributed by atoms with Crippen LogP contribution >= 0.6 is 11.6 Å². The maximum atomic E-state index is 13.3. The van der Waals surface area contributed by atoms with Gasteiger partial charge in [0.1, 0.15) is 5.82 Å². The molecule has 0 saturated carbocycles. The molecule has 13 heteroatoms. The number of carbonyl (C=O) groups excluding carboxylic acids is 4. The highest BCUT2D eigenvalue weighted by Gasteiger charge is 2.53. The van der Waals surface area contributed by atoms with Crippen LogP contribution in [0.5, 0.6) is 11.5 Å². The Labute approximate surface area is 241 Å². The molecule has 2 aliphatic heterocycles. The first-order chi connectivity index (χ1) is 19.5. The highest BCUT2D eigenvalue weighted by atomic mass is 35.5. The van der Waals surface area contributed by atoms with Crippen molar-refractivity contribution in [3.63, 3.8) is 0 Å². The fraction of sp³-hybridized carbons (Fsp3) is 0.429. The lowest BCUT2D eigenvalue weighted by Gasteiger charge is -2.44. The molecule has 2 atom stereocenters. The maximum Gasteiger partial charge on any atom is 0.328 e. The zero-order valence-electron chi connectivity index (χ0n) is 22.9. The number of carbonyl (C=O) groups is 4. The molecular formula is C28H32ClFN4O7. The second kappa shape index (κ2) is 12.8. The van der Waals surface area contributed by atoms with Gasteiger partial charge in [0.05, 0.1) is 6.61 Å². The van der Waals surface area contributed by atoms with Gasteiger partial charge < -0.3 is 19.1 Å². The molecule has 0 bridgehead atoms. The zero-order chi connectivity index (χ0) is 29.7. The van der Waals surface area contributed by atoms with E-state index in [-0.39, 0.29) is 60.0 Å². The van der Waals surface area contributed by atoms with Crippen LogP contribution in [0.2, 0.25) is 5.02 Å². The van der Waals surface area contributed by atoms with Crippen LogP contribution in [0.3, 0.4) is 0 Å². The summed E-state index contributed by atoms with van der Waals surface area (Å²) >= 11 is 6.17. The summed E-state index contributed by atoms with van der Waals surface area (Å²) in [6, 6.07) is 9.66. The Hall–Kier alpha value is -3.74. The molecule has 11 nitrogen and oxygen atoms in total. The fourth-order valence-electron chi connectivity index (χ4n) is 4.84. The minimum Gasteiger partial charge on any atom is -0.480 e. The van der Waals surface area contributed by atoms with Crippen LogP contribution in [0.15, 0.2) is 42.5 Å². The predicted octanol–water partition coefficient (Wildman–Crippen LogP) is 2.50. The molecule has 5 amide bonds. The average Bonchev–Trinajstić information content (AvgIpc) is 2.92. The molecule has 0 aromatic heterocycles. The SMILES string of the molecule is COCCC1(Oc2cc(Cl)ccc2OCC(=O)N2CC(C)N(Cc3ccc(F)cc3)CC2C)C(=O)NC(=O)NC1=O. The van der Waals surface area contributed by atoms with E-state index < -0.39 is 23.4 Å². The minimum atomic E-state index is -2.14. The van der Waals surface area contributed by atoms with Gasteiger partial charge in [0.2, 0.25) is 0 Å². The van der Waals surface area contributed by atoms with Gasteiger partial charge >= 0.3 is 6.03 Å². The lowest BCUT2D eigenvalue weighted by molar-refractivity contribution is -0.153. The average molecular weight is 591 g/mol. The number of methoxy groups -OCH3 is 1. The summed E-state index contributed by atoms with van der Waals surface area (Å²) in [6.45, 7) is 5.30. The van der Waals surface area contributed by atoms with Crippen molar-refractivity contribution in [2.24, 2.45) is 0 Å². The van der Waals surface area contributed by atoms with Crippen LogP contribution in [0.25, 0.3) is 0 Å². The molecule has 2 unspecified atom stereocenters. The normalized spacial score (nSPS) is 20.8. The molecule has 2 fully saturated rings. The number of urea groups is 1. The largest absolute Gasteiger partial charge is 0.480 e. The van der Waals surface area contributed by atoms with Crippen molar-refractivity contribution in [3.05, 3.63) is 58.9 Å². The summed E-state index contributed by atoms with van der Waals surface area (Å²) in [5.74, 6) is -2.47. The zero-order valence-corrected chi connectivity index (χ0v) is 23.7. The van der Waals surface area contributed by atoms with E-state index in [1.54, 1.807) is 17.0 Å². The van der Waals surface area contributed by atoms with E-state index >= 15 is 0 Å². The van der Waals surface area contributed by atoms with Gasteiger partial charge in [-0.25, -0.2) is 9.18 Å². The molecule has 0 aliphatic carbocycles. The van der Waals surface area contributed by atoms with Gasteiger partial charge in [-0.3, -0.25) is 29.9 Å². The van der Waals surface area contributed by atoms with Crippen LogP contribution in [-0.4, -0.2) is 84.7 Å².